The molecule has 0 bridgehead atoms. The van der Waals surface area contributed by atoms with Crippen LogP contribution in [-0.2, 0) is 19.5 Å². The maximum atomic E-state index is 14.4. The minimum Gasteiger partial charge on any atom is -0.435 e. The predicted molar refractivity (Wildman–Crippen MR) is 120 cm³/mol. The summed E-state index contributed by atoms with van der Waals surface area (Å²) in [6, 6.07) is 10.6. The second kappa shape index (κ2) is 10.8. The highest BCUT2D eigenvalue weighted by Crippen LogP contribution is 2.28. The first kappa shape index (κ1) is 24.0. The van der Waals surface area contributed by atoms with Gasteiger partial charge < -0.3 is 10.5 Å². The summed E-state index contributed by atoms with van der Waals surface area (Å²) in [6.07, 6.45) is 3.76. The van der Waals surface area contributed by atoms with E-state index in [9.17, 15) is 18.4 Å². The molecule has 0 atom stereocenters. The van der Waals surface area contributed by atoms with Gasteiger partial charge in [-0.2, -0.15) is 0 Å². The molecule has 6 nitrogen and oxygen atoms in total. The van der Waals surface area contributed by atoms with Crippen LogP contribution in [0.1, 0.15) is 50.8 Å². The molecule has 8 heteroatoms. The number of amides is 1. The summed E-state index contributed by atoms with van der Waals surface area (Å²) < 4.78 is 34.1. The van der Waals surface area contributed by atoms with E-state index in [-0.39, 0.29) is 22.8 Å². The first-order valence-electron chi connectivity index (χ1n) is 10.5. The van der Waals surface area contributed by atoms with Crippen LogP contribution in [0.3, 0.4) is 0 Å². The van der Waals surface area contributed by atoms with Gasteiger partial charge in [-0.3, -0.25) is 14.5 Å². The van der Waals surface area contributed by atoms with Crippen LogP contribution in [0.25, 0.3) is 0 Å². The minimum atomic E-state index is -0.830. The van der Waals surface area contributed by atoms with E-state index >= 15 is 0 Å². The number of benzene rings is 2. The van der Waals surface area contributed by atoms with Crippen molar-refractivity contribution in [1.29, 1.82) is 0 Å². The third kappa shape index (κ3) is 5.98. The van der Waals surface area contributed by atoms with Crippen LogP contribution >= 0.6 is 0 Å². The minimum absolute atomic E-state index is 0.00916. The summed E-state index contributed by atoms with van der Waals surface area (Å²) in [5.41, 5.74) is 7.28. The number of aldehydes is 1. The number of halogens is 2. The number of rotatable bonds is 10. The van der Waals surface area contributed by atoms with E-state index in [1.165, 1.54) is 30.5 Å². The van der Waals surface area contributed by atoms with Gasteiger partial charge in [-0.05, 0) is 60.5 Å². The topological polar surface area (TPSA) is 85.5 Å². The Balaban J connectivity index is 1.77. The van der Waals surface area contributed by atoms with E-state index in [4.69, 9.17) is 10.5 Å². The number of nitrogens with two attached hydrogens (primary N) is 1. The predicted octanol–water partition coefficient (Wildman–Crippen LogP) is 4.65. The molecule has 3 aromatic rings. The lowest BCUT2D eigenvalue weighted by molar-refractivity contribution is 0.0996. The zero-order valence-electron chi connectivity index (χ0n) is 18.5. The van der Waals surface area contributed by atoms with Gasteiger partial charge in [-0.15, -0.1) is 0 Å². The average molecular weight is 453 g/mol. The van der Waals surface area contributed by atoms with Crippen molar-refractivity contribution in [3.05, 3.63) is 88.1 Å². The number of carbonyl (C=O) groups excluding carboxylic acids is 2. The van der Waals surface area contributed by atoms with Gasteiger partial charge in [0.25, 0.3) is 5.91 Å². The molecule has 3 rings (SSSR count). The first-order chi connectivity index (χ1) is 15.8. The standard InChI is InChI=1S/C25H25F2N3O3/c1-3-4-16-6-8-23(22(27)11-16)33-25-20(15-31)18(9-10-29-25)14-30(2)13-17-5-7-19(24(28)32)21(26)12-17/h5-12,15H,3-4,13-14H2,1-2H3,(H2,28,32). The van der Waals surface area contributed by atoms with E-state index in [0.717, 1.165) is 18.4 Å². The monoisotopic (exact) mass is 453 g/mol. The highest BCUT2D eigenvalue weighted by Gasteiger charge is 2.16. The zero-order chi connectivity index (χ0) is 24.0. The summed E-state index contributed by atoms with van der Waals surface area (Å²) in [4.78, 5) is 29.0. The molecule has 2 N–H and O–H groups in total. The van der Waals surface area contributed by atoms with Gasteiger partial charge in [-0.25, -0.2) is 13.8 Å². The number of ether oxygens (including phenoxy) is 1. The third-order valence-corrected chi connectivity index (χ3v) is 5.10. The van der Waals surface area contributed by atoms with Crippen LogP contribution in [0.2, 0.25) is 0 Å². The highest BCUT2D eigenvalue weighted by atomic mass is 19.1. The van der Waals surface area contributed by atoms with E-state index in [2.05, 4.69) is 4.98 Å². The van der Waals surface area contributed by atoms with Crippen LogP contribution in [0.4, 0.5) is 8.78 Å². The molecule has 172 valence electrons. The molecule has 0 spiro atoms. The lowest BCUT2D eigenvalue weighted by atomic mass is 10.1. The molecule has 1 aromatic heterocycles. The highest BCUT2D eigenvalue weighted by molar-refractivity contribution is 5.93. The molecule has 1 amide bonds. The van der Waals surface area contributed by atoms with Crippen molar-refractivity contribution in [1.82, 2.24) is 9.88 Å². The molecule has 33 heavy (non-hydrogen) atoms. The van der Waals surface area contributed by atoms with Crippen molar-refractivity contribution in [3.63, 3.8) is 0 Å². The van der Waals surface area contributed by atoms with E-state index in [0.29, 0.717) is 30.5 Å². The molecule has 0 fully saturated rings. The van der Waals surface area contributed by atoms with E-state index in [1.807, 2.05) is 11.8 Å². The summed E-state index contributed by atoms with van der Waals surface area (Å²) >= 11 is 0. The maximum absolute atomic E-state index is 14.4. The Bertz CT molecular complexity index is 1170. The van der Waals surface area contributed by atoms with Gasteiger partial charge in [0.2, 0.25) is 5.88 Å². The Morgan fingerprint density at radius 2 is 1.82 bits per heavy atom. The second-order valence-electron chi connectivity index (χ2n) is 7.77. The zero-order valence-corrected chi connectivity index (χ0v) is 18.5. The van der Waals surface area contributed by atoms with Crippen molar-refractivity contribution in [2.75, 3.05) is 7.05 Å². The molecular weight excluding hydrogens is 428 g/mol. The summed E-state index contributed by atoms with van der Waals surface area (Å²) in [6.45, 7) is 2.68. The molecule has 0 aliphatic rings. The number of aryl methyl sites for hydroxylation is 1. The average Bonchev–Trinajstić information content (AvgIpc) is 2.76. The van der Waals surface area contributed by atoms with Gasteiger partial charge in [0, 0.05) is 19.3 Å². The molecule has 2 aromatic carbocycles. The van der Waals surface area contributed by atoms with Gasteiger partial charge in [0.15, 0.2) is 17.9 Å². The van der Waals surface area contributed by atoms with E-state index < -0.39 is 17.5 Å². The van der Waals surface area contributed by atoms with Crippen LogP contribution < -0.4 is 10.5 Å². The second-order valence-corrected chi connectivity index (χ2v) is 7.77. The molecule has 0 saturated heterocycles. The van der Waals surface area contributed by atoms with Crippen molar-refractivity contribution in [2.24, 2.45) is 5.73 Å². The maximum Gasteiger partial charge on any atom is 0.251 e. The van der Waals surface area contributed by atoms with Crippen molar-refractivity contribution in [3.8, 4) is 11.6 Å². The van der Waals surface area contributed by atoms with Gasteiger partial charge in [0.1, 0.15) is 5.82 Å². The van der Waals surface area contributed by atoms with Crippen LogP contribution in [0.5, 0.6) is 11.6 Å². The molecule has 0 saturated carbocycles. The van der Waals surface area contributed by atoms with E-state index in [1.54, 1.807) is 25.2 Å². The van der Waals surface area contributed by atoms with Crippen LogP contribution in [0, 0.1) is 11.6 Å². The summed E-state index contributed by atoms with van der Waals surface area (Å²) in [5, 5.41) is 0. The number of primary amides is 1. The summed E-state index contributed by atoms with van der Waals surface area (Å²) in [7, 11) is 1.79. The molecule has 0 radical (unpaired) electrons. The largest absolute Gasteiger partial charge is 0.435 e. The summed E-state index contributed by atoms with van der Waals surface area (Å²) in [5.74, 6) is -2.04. The number of hydrogen-bond acceptors (Lipinski definition) is 5. The molecule has 1 heterocycles. The number of carbonyl (C=O) groups is 2. The Morgan fingerprint density at radius 3 is 2.45 bits per heavy atom. The Hall–Kier alpha value is -3.65. The van der Waals surface area contributed by atoms with Gasteiger partial charge in [-0.1, -0.05) is 25.5 Å². The number of pyridine rings is 1. The van der Waals surface area contributed by atoms with Crippen molar-refractivity contribution in [2.45, 2.75) is 32.9 Å². The number of nitrogens with zero attached hydrogens (tertiary/aromatic N) is 2. The SMILES string of the molecule is CCCc1ccc(Oc2nccc(CN(C)Cc3ccc(C(N)=O)c(F)c3)c2C=O)c(F)c1. The quantitative estimate of drug-likeness (QED) is 0.452. The Kier molecular flexibility index (Phi) is 7.84. The fraction of sp³-hybridized carbons (Fsp3) is 0.240. The third-order valence-electron chi connectivity index (χ3n) is 5.10. The van der Waals surface area contributed by atoms with Crippen LogP contribution in [-0.4, -0.2) is 29.1 Å². The number of hydrogen-bond donors (Lipinski definition) is 1. The van der Waals surface area contributed by atoms with Crippen molar-refractivity contribution < 1.29 is 23.1 Å². The fourth-order valence-corrected chi connectivity index (χ4v) is 3.53. The lowest BCUT2D eigenvalue weighted by Gasteiger charge is -2.19. The molecule has 0 aliphatic carbocycles. The Labute approximate surface area is 191 Å². The van der Waals surface area contributed by atoms with Gasteiger partial charge >= 0.3 is 0 Å². The molecular formula is C25H25F2N3O3. The van der Waals surface area contributed by atoms with Gasteiger partial charge in [0.05, 0.1) is 11.1 Å². The van der Waals surface area contributed by atoms with Crippen molar-refractivity contribution >= 4 is 12.2 Å². The smallest absolute Gasteiger partial charge is 0.251 e. The fourth-order valence-electron chi connectivity index (χ4n) is 3.53. The lowest BCUT2D eigenvalue weighted by Crippen LogP contribution is -2.19. The first-order valence-corrected chi connectivity index (χ1v) is 10.5. The Morgan fingerprint density at radius 1 is 1.09 bits per heavy atom. The molecule has 0 unspecified atom stereocenters. The molecule has 0 aliphatic heterocycles. The van der Waals surface area contributed by atoms with Crippen LogP contribution in [0.15, 0.2) is 48.7 Å². The number of aromatic nitrogens is 1. The normalized spacial score (nSPS) is 10.9.